The molecule has 4 rings (SSSR count). The van der Waals surface area contributed by atoms with Crippen molar-refractivity contribution in [3.63, 3.8) is 0 Å². The Labute approximate surface area is 154 Å². The molecular formula is C19H27N5O2. The molecule has 2 amide bonds. The van der Waals surface area contributed by atoms with Crippen LogP contribution in [0.25, 0.3) is 0 Å². The van der Waals surface area contributed by atoms with Crippen LogP contribution in [0.2, 0.25) is 0 Å². The van der Waals surface area contributed by atoms with E-state index in [1.807, 2.05) is 30.0 Å². The Morgan fingerprint density at radius 2 is 2.19 bits per heavy atom. The van der Waals surface area contributed by atoms with Gasteiger partial charge in [0, 0.05) is 37.3 Å². The van der Waals surface area contributed by atoms with E-state index < -0.39 is 0 Å². The minimum absolute atomic E-state index is 0.0225. The Balaban J connectivity index is 1.42. The second-order valence-electron chi connectivity index (χ2n) is 7.43. The Morgan fingerprint density at radius 1 is 1.31 bits per heavy atom. The molecule has 1 aliphatic carbocycles. The summed E-state index contributed by atoms with van der Waals surface area (Å²) in [7, 11) is 0. The van der Waals surface area contributed by atoms with Crippen molar-refractivity contribution in [2.75, 3.05) is 13.1 Å². The number of rotatable bonds is 4. The SMILES string of the molecule is CCN1C(=O)C2CCNN2C2CCC(C(=O)NCc3ccccn3)CC21. The molecule has 3 aliphatic rings. The lowest BCUT2D eigenvalue weighted by Crippen LogP contribution is -2.68. The summed E-state index contributed by atoms with van der Waals surface area (Å²) in [5, 5.41) is 5.20. The molecule has 3 heterocycles. The van der Waals surface area contributed by atoms with E-state index in [0.29, 0.717) is 19.1 Å². The van der Waals surface area contributed by atoms with E-state index in [1.165, 1.54) is 0 Å². The summed E-state index contributed by atoms with van der Waals surface area (Å²) in [5.41, 5.74) is 4.26. The van der Waals surface area contributed by atoms with E-state index in [1.54, 1.807) is 6.20 Å². The Morgan fingerprint density at radius 3 is 2.96 bits per heavy atom. The molecule has 1 saturated carbocycles. The summed E-state index contributed by atoms with van der Waals surface area (Å²) in [5.74, 6) is 0.253. The fourth-order valence-corrected chi connectivity index (χ4v) is 4.77. The second kappa shape index (κ2) is 7.32. The van der Waals surface area contributed by atoms with E-state index in [4.69, 9.17) is 0 Å². The van der Waals surface area contributed by atoms with Crippen LogP contribution >= 0.6 is 0 Å². The molecule has 2 saturated heterocycles. The molecule has 7 nitrogen and oxygen atoms in total. The number of piperazine rings is 1. The molecule has 2 N–H and O–H groups in total. The topological polar surface area (TPSA) is 77.6 Å². The number of hydrogen-bond donors (Lipinski definition) is 2. The van der Waals surface area contributed by atoms with Gasteiger partial charge in [-0.1, -0.05) is 6.07 Å². The third-order valence-corrected chi connectivity index (χ3v) is 6.04. The van der Waals surface area contributed by atoms with Crippen LogP contribution in [0, 0.1) is 5.92 Å². The molecular weight excluding hydrogens is 330 g/mol. The lowest BCUT2D eigenvalue weighted by atomic mass is 9.78. The maximum atomic E-state index is 12.8. The summed E-state index contributed by atoms with van der Waals surface area (Å²) in [4.78, 5) is 31.8. The highest BCUT2D eigenvalue weighted by molar-refractivity contribution is 5.84. The highest BCUT2D eigenvalue weighted by atomic mass is 16.2. The predicted molar refractivity (Wildman–Crippen MR) is 96.6 cm³/mol. The van der Waals surface area contributed by atoms with Crippen molar-refractivity contribution < 1.29 is 9.59 Å². The smallest absolute Gasteiger partial charge is 0.241 e. The minimum atomic E-state index is -0.0408. The van der Waals surface area contributed by atoms with Gasteiger partial charge in [0.2, 0.25) is 11.8 Å². The molecule has 2 aliphatic heterocycles. The van der Waals surface area contributed by atoms with Gasteiger partial charge in [-0.25, -0.2) is 5.01 Å². The van der Waals surface area contributed by atoms with Crippen LogP contribution in [-0.4, -0.2) is 57.9 Å². The van der Waals surface area contributed by atoms with Gasteiger partial charge in [-0.3, -0.25) is 20.0 Å². The Kier molecular flexibility index (Phi) is 4.91. The van der Waals surface area contributed by atoms with Crippen LogP contribution in [0.3, 0.4) is 0 Å². The monoisotopic (exact) mass is 357 g/mol. The van der Waals surface area contributed by atoms with E-state index in [9.17, 15) is 9.59 Å². The van der Waals surface area contributed by atoms with Crippen molar-refractivity contribution in [2.45, 2.75) is 57.3 Å². The first kappa shape index (κ1) is 17.4. The number of aromatic nitrogens is 1. The zero-order chi connectivity index (χ0) is 18.1. The maximum Gasteiger partial charge on any atom is 0.241 e. The summed E-state index contributed by atoms with van der Waals surface area (Å²) >= 11 is 0. The fraction of sp³-hybridized carbons (Fsp3) is 0.632. The van der Waals surface area contributed by atoms with Crippen molar-refractivity contribution >= 4 is 11.8 Å². The number of nitrogens with one attached hydrogen (secondary N) is 2. The number of likely N-dealkylation sites (N-methyl/N-ethyl adjacent to an activating group) is 1. The zero-order valence-electron chi connectivity index (χ0n) is 15.2. The first-order valence-corrected chi connectivity index (χ1v) is 9.69. The summed E-state index contributed by atoms with van der Waals surface area (Å²) < 4.78 is 0. The number of nitrogens with zero attached hydrogens (tertiary/aromatic N) is 3. The molecule has 0 bridgehead atoms. The predicted octanol–water partition coefficient (Wildman–Crippen LogP) is 0.676. The molecule has 0 radical (unpaired) electrons. The molecule has 7 heteroatoms. The molecule has 26 heavy (non-hydrogen) atoms. The average Bonchev–Trinajstić information content (AvgIpc) is 3.17. The molecule has 4 unspecified atom stereocenters. The van der Waals surface area contributed by atoms with Crippen LogP contribution in [0.4, 0.5) is 0 Å². The van der Waals surface area contributed by atoms with E-state index >= 15 is 0 Å². The lowest BCUT2D eigenvalue weighted by molar-refractivity contribution is -0.155. The molecule has 0 aromatic carbocycles. The van der Waals surface area contributed by atoms with Gasteiger partial charge in [-0.05, 0) is 44.7 Å². The van der Waals surface area contributed by atoms with E-state index in [-0.39, 0.29) is 29.8 Å². The van der Waals surface area contributed by atoms with E-state index in [0.717, 1.165) is 37.9 Å². The number of pyridine rings is 1. The zero-order valence-corrected chi connectivity index (χ0v) is 15.2. The fourth-order valence-electron chi connectivity index (χ4n) is 4.77. The minimum Gasteiger partial charge on any atom is -0.350 e. The van der Waals surface area contributed by atoms with Crippen LogP contribution in [0.5, 0.6) is 0 Å². The molecule has 1 aromatic rings. The number of fused-ring (bicyclic) bond motifs is 3. The first-order chi connectivity index (χ1) is 12.7. The van der Waals surface area contributed by atoms with Crippen LogP contribution < -0.4 is 10.7 Å². The van der Waals surface area contributed by atoms with Gasteiger partial charge in [0.25, 0.3) is 0 Å². The number of amides is 2. The van der Waals surface area contributed by atoms with Crippen molar-refractivity contribution in [1.82, 2.24) is 25.6 Å². The van der Waals surface area contributed by atoms with Crippen molar-refractivity contribution in [2.24, 2.45) is 5.92 Å². The lowest BCUT2D eigenvalue weighted by Gasteiger charge is -2.51. The van der Waals surface area contributed by atoms with Crippen molar-refractivity contribution in [3.8, 4) is 0 Å². The van der Waals surface area contributed by atoms with Crippen LogP contribution in [0.15, 0.2) is 24.4 Å². The Hall–Kier alpha value is -1.99. The quantitative estimate of drug-likeness (QED) is 0.828. The van der Waals surface area contributed by atoms with Crippen LogP contribution in [-0.2, 0) is 16.1 Å². The van der Waals surface area contributed by atoms with Crippen LogP contribution in [0.1, 0.15) is 38.3 Å². The molecule has 140 valence electrons. The third kappa shape index (κ3) is 3.10. The highest BCUT2D eigenvalue weighted by Crippen LogP contribution is 2.37. The van der Waals surface area contributed by atoms with Gasteiger partial charge in [-0.2, -0.15) is 0 Å². The molecule has 1 aromatic heterocycles. The highest BCUT2D eigenvalue weighted by Gasteiger charge is 2.50. The summed E-state index contributed by atoms with van der Waals surface area (Å²) in [6.45, 7) is 4.08. The number of hydrazine groups is 1. The Bertz CT molecular complexity index is 667. The largest absolute Gasteiger partial charge is 0.350 e. The van der Waals surface area contributed by atoms with Gasteiger partial charge in [-0.15, -0.1) is 0 Å². The number of carbonyl (C=O) groups excluding carboxylic acids is 2. The first-order valence-electron chi connectivity index (χ1n) is 9.69. The standard InChI is InChI=1S/C19H27N5O2/c1-2-23-17-11-13(18(25)21-12-14-5-3-4-9-20-14)6-7-15(17)24-16(19(23)26)8-10-22-24/h3-5,9,13,15-17,22H,2,6-8,10-12H2,1H3,(H,21,25). The van der Waals surface area contributed by atoms with Crippen molar-refractivity contribution in [3.05, 3.63) is 30.1 Å². The average molecular weight is 357 g/mol. The number of carbonyl (C=O) groups is 2. The van der Waals surface area contributed by atoms with Gasteiger partial charge in [0.15, 0.2) is 0 Å². The maximum absolute atomic E-state index is 12.8. The summed E-state index contributed by atoms with van der Waals surface area (Å²) in [6, 6.07) is 6.12. The number of hydrogen-bond acceptors (Lipinski definition) is 5. The normalized spacial score (nSPS) is 31.4. The van der Waals surface area contributed by atoms with E-state index in [2.05, 4.69) is 20.7 Å². The third-order valence-electron chi connectivity index (χ3n) is 6.04. The van der Waals surface area contributed by atoms with Gasteiger partial charge >= 0.3 is 0 Å². The second-order valence-corrected chi connectivity index (χ2v) is 7.43. The molecule has 4 atom stereocenters. The van der Waals surface area contributed by atoms with Gasteiger partial charge in [0.1, 0.15) is 6.04 Å². The van der Waals surface area contributed by atoms with Gasteiger partial charge in [0.05, 0.1) is 12.2 Å². The van der Waals surface area contributed by atoms with Crippen molar-refractivity contribution in [1.29, 1.82) is 0 Å². The van der Waals surface area contributed by atoms with Gasteiger partial charge < -0.3 is 10.2 Å². The molecule has 3 fully saturated rings. The summed E-state index contributed by atoms with van der Waals surface area (Å²) in [6.07, 6.45) is 5.17. The molecule has 0 spiro atoms.